The summed E-state index contributed by atoms with van der Waals surface area (Å²) < 4.78 is 13.0. The van der Waals surface area contributed by atoms with Gasteiger partial charge in [-0.15, -0.1) is 0 Å². The average molecular weight is 273 g/mol. The molecule has 0 aromatic heterocycles. The van der Waals surface area contributed by atoms with Gasteiger partial charge >= 0.3 is 0 Å². The highest BCUT2D eigenvalue weighted by molar-refractivity contribution is 6.30. The van der Waals surface area contributed by atoms with E-state index in [-0.39, 0.29) is 17.0 Å². The summed E-state index contributed by atoms with van der Waals surface area (Å²) in [4.78, 5) is 11.7. The van der Waals surface area contributed by atoms with Gasteiger partial charge in [0.25, 0.3) is 0 Å². The van der Waals surface area contributed by atoms with Gasteiger partial charge in [-0.2, -0.15) is 0 Å². The number of benzene rings is 1. The van der Waals surface area contributed by atoms with Crippen molar-refractivity contribution in [1.29, 1.82) is 0 Å². The molecular formula is C13H18ClFN2O. The number of hydrogen-bond acceptors (Lipinski definition) is 2. The Morgan fingerprint density at radius 1 is 1.56 bits per heavy atom. The van der Waals surface area contributed by atoms with Crippen molar-refractivity contribution in [2.45, 2.75) is 38.8 Å². The lowest BCUT2D eigenvalue weighted by Crippen LogP contribution is -2.41. The third-order valence-electron chi connectivity index (χ3n) is 2.74. The molecule has 0 saturated heterocycles. The molecule has 0 bridgehead atoms. The van der Waals surface area contributed by atoms with E-state index in [2.05, 4.69) is 5.32 Å². The normalized spacial score (nSPS) is 14.1. The number of amides is 1. The number of hydrogen-bond donors (Lipinski definition) is 2. The van der Waals surface area contributed by atoms with Gasteiger partial charge in [-0.25, -0.2) is 4.39 Å². The van der Waals surface area contributed by atoms with Crippen LogP contribution in [0.15, 0.2) is 18.2 Å². The lowest BCUT2D eigenvalue weighted by atomic mass is 10.1. The molecular weight excluding hydrogens is 255 g/mol. The summed E-state index contributed by atoms with van der Waals surface area (Å²) in [6.45, 7) is 3.77. The first-order valence-corrected chi connectivity index (χ1v) is 6.34. The fourth-order valence-electron chi connectivity index (χ4n) is 1.63. The third-order valence-corrected chi connectivity index (χ3v) is 3.03. The Kier molecular flexibility index (Phi) is 5.56. The van der Waals surface area contributed by atoms with E-state index in [1.807, 2.05) is 6.92 Å². The van der Waals surface area contributed by atoms with Crippen molar-refractivity contribution < 1.29 is 9.18 Å². The molecule has 0 spiro atoms. The molecule has 100 valence electrons. The van der Waals surface area contributed by atoms with E-state index >= 15 is 0 Å². The van der Waals surface area contributed by atoms with Crippen LogP contribution in [0, 0.1) is 5.82 Å². The standard InChI is InChI=1S/C13H18ClFN2O/c1-3-4-12(16)13(18)17-8(2)9-5-6-11(15)10(14)7-9/h5-8,12H,3-4,16H2,1-2H3,(H,17,18). The molecule has 5 heteroatoms. The highest BCUT2D eigenvalue weighted by atomic mass is 35.5. The molecule has 3 N–H and O–H groups in total. The van der Waals surface area contributed by atoms with Gasteiger partial charge in [0, 0.05) is 0 Å². The van der Waals surface area contributed by atoms with Crippen LogP contribution in [-0.4, -0.2) is 11.9 Å². The molecule has 0 aliphatic heterocycles. The minimum atomic E-state index is -0.506. The number of rotatable bonds is 5. The van der Waals surface area contributed by atoms with E-state index < -0.39 is 11.9 Å². The highest BCUT2D eigenvalue weighted by Crippen LogP contribution is 2.20. The lowest BCUT2D eigenvalue weighted by molar-refractivity contribution is -0.123. The van der Waals surface area contributed by atoms with Crippen LogP contribution in [0.25, 0.3) is 0 Å². The zero-order valence-corrected chi connectivity index (χ0v) is 11.3. The van der Waals surface area contributed by atoms with Gasteiger partial charge in [0.2, 0.25) is 5.91 Å². The summed E-state index contributed by atoms with van der Waals surface area (Å²) in [5.41, 5.74) is 6.46. The molecule has 3 nitrogen and oxygen atoms in total. The molecule has 2 unspecified atom stereocenters. The summed E-state index contributed by atoms with van der Waals surface area (Å²) in [7, 11) is 0. The smallest absolute Gasteiger partial charge is 0.237 e. The third kappa shape index (κ3) is 3.96. The van der Waals surface area contributed by atoms with Gasteiger partial charge in [0.15, 0.2) is 0 Å². The Hall–Kier alpha value is -1.13. The maximum absolute atomic E-state index is 13.0. The van der Waals surface area contributed by atoms with Crippen molar-refractivity contribution in [2.24, 2.45) is 5.73 Å². The summed E-state index contributed by atoms with van der Waals surface area (Å²) in [6, 6.07) is 3.63. The molecule has 0 aliphatic carbocycles. The van der Waals surface area contributed by atoms with E-state index in [0.717, 1.165) is 12.0 Å². The van der Waals surface area contributed by atoms with Crippen LogP contribution < -0.4 is 11.1 Å². The van der Waals surface area contributed by atoms with E-state index in [1.54, 1.807) is 13.0 Å². The molecule has 18 heavy (non-hydrogen) atoms. The Bertz CT molecular complexity index is 425. The topological polar surface area (TPSA) is 55.1 Å². The van der Waals surface area contributed by atoms with Crippen LogP contribution in [0.2, 0.25) is 5.02 Å². The number of nitrogens with one attached hydrogen (secondary N) is 1. The molecule has 0 saturated carbocycles. The van der Waals surface area contributed by atoms with Gasteiger partial charge in [-0.05, 0) is 31.0 Å². The fraction of sp³-hybridized carbons (Fsp3) is 0.462. The SMILES string of the molecule is CCCC(N)C(=O)NC(C)c1ccc(F)c(Cl)c1. The van der Waals surface area contributed by atoms with Crippen LogP contribution in [0.5, 0.6) is 0 Å². The number of carbonyl (C=O) groups excluding carboxylic acids is 1. The first-order valence-electron chi connectivity index (χ1n) is 5.96. The van der Waals surface area contributed by atoms with Gasteiger partial charge in [0.05, 0.1) is 17.1 Å². The van der Waals surface area contributed by atoms with Gasteiger partial charge in [-0.3, -0.25) is 4.79 Å². The predicted molar refractivity (Wildman–Crippen MR) is 70.9 cm³/mol. The monoisotopic (exact) mass is 272 g/mol. The molecule has 0 aliphatic rings. The van der Waals surface area contributed by atoms with Crippen molar-refractivity contribution in [1.82, 2.24) is 5.32 Å². The molecule has 2 atom stereocenters. The number of halogens is 2. The Balaban J connectivity index is 2.67. The average Bonchev–Trinajstić information content (AvgIpc) is 2.32. The first-order chi connectivity index (χ1) is 8.45. The van der Waals surface area contributed by atoms with Crippen molar-refractivity contribution in [3.8, 4) is 0 Å². The Labute approximate surface area is 112 Å². The second kappa shape index (κ2) is 6.71. The predicted octanol–water partition coefficient (Wildman–Crippen LogP) is 2.78. The van der Waals surface area contributed by atoms with Crippen LogP contribution in [0.4, 0.5) is 4.39 Å². The maximum atomic E-state index is 13.0. The summed E-state index contributed by atoms with van der Waals surface area (Å²) >= 11 is 5.69. The lowest BCUT2D eigenvalue weighted by Gasteiger charge is -2.17. The first kappa shape index (κ1) is 14.9. The van der Waals surface area contributed by atoms with Crippen molar-refractivity contribution >= 4 is 17.5 Å². The fourth-order valence-corrected chi connectivity index (χ4v) is 1.82. The summed E-state index contributed by atoms with van der Waals surface area (Å²) in [5, 5.41) is 2.83. The van der Waals surface area contributed by atoms with Crippen molar-refractivity contribution in [3.63, 3.8) is 0 Å². The minimum absolute atomic E-state index is 0.0476. The molecule has 0 radical (unpaired) electrons. The van der Waals surface area contributed by atoms with Crippen LogP contribution in [-0.2, 0) is 4.79 Å². The molecule has 0 fully saturated rings. The van der Waals surface area contributed by atoms with Crippen LogP contribution in [0.3, 0.4) is 0 Å². The zero-order valence-electron chi connectivity index (χ0n) is 10.5. The van der Waals surface area contributed by atoms with Crippen LogP contribution >= 0.6 is 11.6 Å². The van der Waals surface area contributed by atoms with E-state index in [0.29, 0.717) is 6.42 Å². The molecule has 1 rings (SSSR count). The van der Waals surface area contributed by atoms with Gasteiger partial charge in [0.1, 0.15) is 5.82 Å². The molecule has 1 aromatic carbocycles. The second-order valence-corrected chi connectivity index (χ2v) is 4.71. The number of nitrogens with two attached hydrogens (primary N) is 1. The number of carbonyl (C=O) groups is 1. The van der Waals surface area contributed by atoms with Crippen LogP contribution in [0.1, 0.15) is 38.3 Å². The molecule has 1 amide bonds. The van der Waals surface area contributed by atoms with Crippen molar-refractivity contribution in [2.75, 3.05) is 0 Å². The summed E-state index contributed by atoms with van der Waals surface area (Å²) in [5.74, 6) is -0.675. The maximum Gasteiger partial charge on any atom is 0.237 e. The highest BCUT2D eigenvalue weighted by Gasteiger charge is 2.16. The van der Waals surface area contributed by atoms with Gasteiger partial charge < -0.3 is 11.1 Å². The van der Waals surface area contributed by atoms with E-state index in [1.165, 1.54) is 12.1 Å². The van der Waals surface area contributed by atoms with E-state index in [4.69, 9.17) is 17.3 Å². The summed E-state index contributed by atoms with van der Waals surface area (Å²) in [6.07, 6.45) is 1.49. The zero-order chi connectivity index (χ0) is 13.7. The largest absolute Gasteiger partial charge is 0.348 e. The van der Waals surface area contributed by atoms with E-state index in [9.17, 15) is 9.18 Å². The minimum Gasteiger partial charge on any atom is -0.348 e. The second-order valence-electron chi connectivity index (χ2n) is 4.30. The Morgan fingerprint density at radius 2 is 2.22 bits per heavy atom. The molecule has 1 aromatic rings. The quantitative estimate of drug-likeness (QED) is 0.866. The van der Waals surface area contributed by atoms with Crippen molar-refractivity contribution in [3.05, 3.63) is 34.6 Å². The van der Waals surface area contributed by atoms with Gasteiger partial charge in [-0.1, -0.05) is 31.0 Å². The molecule has 0 heterocycles. The Morgan fingerprint density at radius 3 is 2.78 bits per heavy atom.